The Labute approximate surface area is 176 Å². The molecule has 30 heavy (non-hydrogen) atoms. The fraction of sp³-hybridized carbons (Fsp3) is 0.348. The molecule has 2 atom stereocenters. The molecule has 2 unspecified atom stereocenters. The molecule has 2 aromatic carbocycles. The highest BCUT2D eigenvalue weighted by molar-refractivity contribution is 6.00. The minimum atomic E-state index is -1.000. The van der Waals surface area contributed by atoms with Crippen LogP contribution in [0.25, 0.3) is 0 Å². The van der Waals surface area contributed by atoms with Gasteiger partial charge in [0.2, 0.25) is 0 Å². The second-order valence-corrected chi connectivity index (χ2v) is 7.60. The number of nitriles is 1. The Morgan fingerprint density at radius 3 is 2.60 bits per heavy atom. The fourth-order valence-corrected chi connectivity index (χ4v) is 3.74. The topological polar surface area (TPSA) is 81.0 Å². The van der Waals surface area contributed by atoms with Crippen LogP contribution in [0.4, 0.5) is 11.4 Å². The number of likely N-dealkylation sites (N-methyl/N-ethyl adjacent to an activating group) is 1. The highest BCUT2D eigenvalue weighted by atomic mass is 16.5. The molecule has 1 N–H and O–H groups in total. The third kappa shape index (κ3) is 4.29. The molecule has 0 bridgehead atoms. The molecule has 7 nitrogen and oxygen atoms in total. The number of benzene rings is 2. The molecule has 2 heterocycles. The summed E-state index contributed by atoms with van der Waals surface area (Å²) >= 11 is 0. The summed E-state index contributed by atoms with van der Waals surface area (Å²) in [5.74, 6) is -0.814. The molecule has 0 aliphatic carbocycles. The number of para-hydroxylation sites is 2. The highest BCUT2D eigenvalue weighted by Crippen LogP contribution is 2.32. The fourth-order valence-electron chi connectivity index (χ4n) is 3.74. The molecule has 154 valence electrons. The van der Waals surface area contributed by atoms with Crippen molar-refractivity contribution in [3.63, 3.8) is 0 Å². The number of aliphatic imine (C=N–C) groups is 1. The van der Waals surface area contributed by atoms with Gasteiger partial charge in [0.1, 0.15) is 18.5 Å². The summed E-state index contributed by atoms with van der Waals surface area (Å²) in [6.45, 7) is 3.55. The predicted molar refractivity (Wildman–Crippen MR) is 115 cm³/mol. The molecule has 1 fully saturated rings. The monoisotopic (exact) mass is 403 g/mol. The number of piperazine rings is 1. The molecule has 2 aliphatic rings. The minimum Gasteiger partial charge on any atom is -0.460 e. The maximum Gasteiger partial charge on any atom is 0.326 e. The first-order valence-corrected chi connectivity index (χ1v) is 10.1. The van der Waals surface area contributed by atoms with E-state index in [1.54, 1.807) is 0 Å². The van der Waals surface area contributed by atoms with E-state index in [0.717, 1.165) is 49.0 Å². The molecular weight excluding hydrogens is 378 g/mol. The van der Waals surface area contributed by atoms with E-state index in [1.165, 1.54) is 0 Å². The molecular formula is C23H25N5O2. The molecule has 2 aromatic rings. The first-order valence-electron chi connectivity index (χ1n) is 10.1. The number of carbonyl (C=O) groups excluding carboxylic acids is 1. The lowest BCUT2D eigenvalue weighted by atomic mass is 9.96. The Kier molecular flexibility index (Phi) is 5.96. The second-order valence-electron chi connectivity index (χ2n) is 7.60. The van der Waals surface area contributed by atoms with Gasteiger partial charge < -0.3 is 19.9 Å². The van der Waals surface area contributed by atoms with Crippen LogP contribution in [0, 0.1) is 17.2 Å². The van der Waals surface area contributed by atoms with E-state index < -0.39 is 17.9 Å². The molecule has 4 rings (SSSR count). The standard InChI is InChI=1S/C23H25N5O2/c1-27-11-13-28(14-12-27)22-21(25-19-9-5-6-10-20(19)26-22)18(15-24)23(29)30-16-17-7-3-2-4-8-17/h2-10,18,21,25H,11-14,16H2,1H3. The Morgan fingerprint density at radius 2 is 1.87 bits per heavy atom. The Hall–Kier alpha value is -3.37. The van der Waals surface area contributed by atoms with E-state index in [0.29, 0.717) is 0 Å². The van der Waals surface area contributed by atoms with E-state index in [2.05, 4.69) is 28.2 Å². The van der Waals surface area contributed by atoms with Gasteiger partial charge in [-0.25, -0.2) is 4.99 Å². The molecule has 0 spiro atoms. The maximum absolute atomic E-state index is 12.9. The van der Waals surface area contributed by atoms with Crippen LogP contribution in [0.1, 0.15) is 5.56 Å². The summed E-state index contributed by atoms with van der Waals surface area (Å²) in [5, 5.41) is 13.3. The van der Waals surface area contributed by atoms with Gasteiger partial charge in [-0.05, 0) is 24.7 Å². The summed E-state index contributed by atoms with van der Waals surface area (Å²) in [6.07, 6.45) is 0. The van der Waals surface area contributed by atoms with Gasteiger partial charge in [-0.2, -0.15) is 5.26 Å². The number of esters is 1. The molecule has 0 amide bonds. The number of nitrogens with one attached hydrogen (secondary N) is 1. The van der Waals surface area contributed by atoms with Crippen LogP contribution in [0.2, 0.25) is 0 Å². The lowest BCUT2D eigenvalue weighted by Gasteiger charge is -2.40. The number of hydrogen-bond donors (Lipinski definition) is 1. The highest BCUT2D eigenvalue weighted by Gasteiger charge is 2.39. The number of hydrogen-bond acceptors (Lipinski definition) is 7. The van der Waals surface area contributed by atoms with Crippen LogP contribution in [0.15, 0.2) is 59.6 Å². The van der Waals surface area contributed by atoms with Gasteiger partial charge in [0.05, 0.1) is 17.4 Å². The van der Waals surface area contributed by atoms with Crippen molar-refractivity contribution < 1.29 is 9.53 Å². The zero-order valence-electron chi connectivity index (χ0n) is 17.0. The summed E-state index contributed by atoms with van der Waals surface area (Å²) in [6, 6.07) is 18.8. The zero-order chi connectivity index (χ0) is 20.9. The van der Waals surface area contributed by atoms with Crippen LogP contribution in [-0.4, -0.2) is 60.9 Å². The quantitative estimate of drug-likeness (QED) is 0.791. The first kappa shape index (κ1) is 19.9. The summed E-state index contributed by atoms with van der Waals surface area (Å²) in [7, 11) is 2.09. The van der Waals surface area contributed by atoms with E-state index >= 15 is 0 Å². The van der Waals surface area contributed by atoms with Crippen LogP contribution in [0.5, 0.6) is 0 Å². The van der Waals surface area contributed by atoms with E-state index in [1.807, 2.05) is 54.6 Å². The van der Waals surface area contributed by atoms with Gasteiger partial charge in [-0.1, -0.05) is 42.5 Å². The van der Waals surface area contributed by atoms with Crippen LogP contribution < -0.4 is 5.32 Å². The van der Waals surface area contributed by atoms with Gasteiger partial charge in [0.25, 0.3) is 0 Å². The number of fused-ring (bicyclic) bond motifs is 1. The summed E-state index contributed by atoms with van der Waals surface area (Å²) in [5.41, 5.74) is 2.52. The Bertz CT molecular complexity index is 961. The number of carbonyl (C=O) groups is 1. The van der Waals surface area contributed by atoms with Crippen molar-refractivity contribution in [1.82, 2.24) is 9.80 Å². The van der Waals surface area contributed by atoms with Gasteiger partial charge in [-0.3, -0.25) is 4.79 Å². The number of ether oxygens (including phenoxy) is 1. The van der Waals surface area contributed by atoms with Crippen molar-refractivity contribution in [3.05, 3.63) is 60.2 Å². The third-order valence-corrected chi connectivity index (χ3v) is 5.51. The van der Waals surface area contributed by atoms with Crippen molar-refractivity contribution in [3.8, 4) is 6.07 Å². The van der Waals surface area contributed by atoms with Crippen molar-refractivity contribution in [2.24, 2.45) is 10.9 Å². The molecule has 0 aromatic heterocycles. The van der Waals surface area contributed by atoms with Crippen LogP contribution in [-0.2, 0) is 16.1 Å². The Morgan fingerprint density at radius 1 is 1.17 bits per heavy atom. The zero-order valence-corrected chi connectivity index (χ0v) is 17.0. The molecule has 0 saturated carbocycles. The number of amidine groups is 1. The molecule has 2 aliphatic heterocycles. The van der Waals surface area contributed by atoms with Gasteiger partial charge in [0, 0.05) is 26.2 Å². The minimum absolute atomic E-state index is 0.141. The summed E-state index contributed by atoms with van der Waals surface area (Å²) in [4.78, 5) is 22.1. The average molecular weight is 403 g/mol. The molecule has 1 saturated heterocycles. The number of anilines is 1. The van der Waals surface area contributed by atoms with Crippen molar-refractivity contribution >= 4 is 23.2 Å². The predicted octanol–water partition coefficient (Wildman–Crippen LogP) is 2.64. The smallest absolute Gasteiger partial charge is 0.326 e. The van der Waals surface area contributed by atoms with Gasteiger partial charge in [-0.15, -0.1) is 0 Å². The third-order valence-electron chi connectivity index (χ3n) is 5.51. The lowest BCUT2D eigenvalue weighted by Crippen LogP contribution is -2.55. The van der Waals surface area contributed by atoms with E-state index in [4.69, 9.17) is 9.73 Å². The van der Waals surface area contributed by atoms with Crippen molar-refractivity contribution in [2.75, 3.05) is 38.5 Å². The maximum atomic E-state index is 12.9. The average Bonchev–Trinajstić information content (AvgIpc) is 2.79. The lowest BCUT2D eigenvalue weighted by molar-refractivity contribution is -0.147. The van der Waals surface area contributed by atoms with E-state index in [-0.39, 0.29) is 6.61 Å². The van der Waals surface area contributed by atoms with E-state index in [9.17, 15) is 10.1 Å². The number of rotatable bonds is 4. The van der Waals surface area contributed by atoms with Crippen molar-refractivity contribution in [1.29, 1.82) is 5.26 Å². The van der Waals surface area contributed by atoms with Gasteiger partial charge >= 0.3 is 5.97 Å². The van der Waals surface area contributed by atoms with Gasteiger partial charge in [0.15, 0.2) is 5.92 Å². The van der Waals surface area contributed by atoms with Crippen LogP contribution in [0.3, 0.4) is 0 Å². The molecule has 0 radical (unpaired) electrons. The largest absolute Gasteiger partial charge is 0.460 e. The number of nitrogens with zero attached hydrogens (tertiary/aromatic N) is 4. The normalized spacial score (nSPS) is 19.7. The van der Waals surface area contributed by atoms with Crippen LogP contribution >= 0.6 is 0 Å². The SMILES string of the molecule is CN1CCN(C2=Nc3ccccc3NC2C(C#N)C(=O)OCc2ccccc2)CC1. The second kappa shape index (κ2) is 8.97. The molecule has 7 heteroatoms. The summed E-state index contributed by atoms with van der Waals surface area (Å²) < 4.78 is 5.49. The first-order chi connectivity index (χ1) is 14.7. The van der Waals surface area contributed by atoms with Crippen molar-refractivity contribution in [2.45, 2.75) is 12.6 Å². The Balaban J connectivity index is 1.57.